The van der Waals surface area contributed by atoms with Gasteiger partial charge in [-0.05, 0) is 79.0 Å². The van der Waals surface area contributed by atoms with Gasteiger partial charge in [0.1, 0.15) is 11.8 Å². The Balaban J connectivity index is 1.36. The number of aromatic amines is 1. The molecule has 0 amide bonds. The zero-order chi connectivity index (χ0) is 21.9. The summed E-state index contributed by atoms with van der Waals surface area (Å²) in [5.41, 5.74) is 3.20. The molecule has 2 heterocycles. The number of aromatic nitrogens is 4. The molecule has 1 aliphatic carbocycles. The van der Waals surface area contributed by atoms with Crippen molar-refractivity contribution in [1.82, 2.24) is 25.9 Å². The first-order chi connectivity index (χ1) is 15.7. The van der Waals surface area contributed by atoms with Crippen LogP contribution in [0.15, 0.2) is 48.5 Å². The number of nitrogens with one attached hydrogen (secondary N) is 2. The van der Waals surface area contributed by atoms with Gasteiger partial charge >= 0.3 is 5.97 Å². The van der Waals surface area contributed by atoms with Crippen molar-refractivity contribution < 1.29 is 14.6 Å². The van der Waals surface area contributed by atoms with Gasteiger partial charge in [0.2, 0.25) is 5.82 Å². The smallest absolute Gasteiger partial charge is 0.320 e. The predicted molar refractivity (Wildman–Crippen MR) is 118 cm³/mol. The van der Waals surface area contributed by atoms with Crippen LogP contribution in [0.4, 0.5) is 0 Å². The Labute approximate surface area is 186 Å². The number of carbonyl (C=O) groups is 1. The lowest BCUT2D eigenvalue weighted by Crippen LogP contribution is -2.50. The van der Waals surface area contributed by atoms with Gasteiger partial charge in [0.15, 0.2) is 0 Å². The maximum atomic E-state index is 11.4. The third kappa shape index (κ3) is 4.50. The van der Waals surface area contributed by atoms with Gasteiger partial charge in [0.05, 0.1) is 11.7 Å². The van der Waals surface area contributed by atoms with E-state index in [9.17, 15) is 9.90 Å². The number of nitrogens with zero attached hydrogens (tertiary/aromatic N) is 3. The summed E-state index contributed by atoms with van der Waals surface area (Å²) < 4.78 is 6.54. The van der Waals surface area contributed by atoms with Crippen LogP contribution in [0, 0.1) is 11.8 Å². The predicted octanol–water partition coefficient (Wildman–Crippen LogP) is 3.07. The number of hydrogen-bond acceptors (Lipinski definition) is 6. The fraction of sp³-hybridized carbons (Fsp3) is 0.417. The number of carboxylic acids is 1. The molecule has 4 atom stereocenters. The van der Waals surface area contributed by atoms with Crippen LogP contribution >= 0.6 is 0 Å². The molecule has 0 bridgehead atoms. The molecule has 3 N–H and O–H groups in total. The Kier molecular flexibility index (Phi) is 5.85. The number of carboxylic acid groups (broad SMARTS) is 1. The fourth-order valence-corrected chi connectivity index (χ4v) is 5.06. The van der Waals surface area contributed by atoms with Crippen molar-refractivity contribution in [2.24, 2.45) is 11.8 Å². The molecule has 2 aromatic carbocycles. The number of fused-ring (bicyclic) bond motifs is 1. The van der Waals surface area contributed by atoms with Crippen LogP contribution in [0.2, 0.25) is 0 Å². The first-order valence-electron chi connectivity index (χ1n) is 11.2. The summed E-state index contributed by atoms with van der Waals surface area (Å²) in [4.78, 5) is 11.4. The van der Waals surface area contributed by atoms with E-state index in [1.165, 1.54) is 5.56 Å². The number of ether oxygens (including phenoxy) is 1. The Morgan fingerprint density at radius 1 is 1.06 bits per heavy atom. The van der Waals surface area contributed by atoms with Gasteiger partial charge in [0, 0.05) is 0 Å². The van der Waals surface area contributed by atoms with Crippen LogP contribution in [0.3, 0.4) is 0 Å². The molecule has 8 nitrogen and oxygen atoms in total. The quantitative estimate of drug-likeness (QED) is 0.547. The molecule has 0 spiro atoms. The minimum Gasteiger partial charge on any atom is -0.490 e. The van der Waals surface area contributed by atoms with Gasteiger partial charge < -0.3 is 15.2 Å². The van der Waals surface area contributed by atoms with E-state index in [1.54, 1.807) is 0 Å². The molecule has 1 saturated heterocycles. The van der Waals surface area contributed by atoms with E-state index in [4.69, 9.17) is 4.74 Å². The average molecular weight is 434 g/mol. The van der Waals surface area contributed by atoms with E-state index < -0.39 is 12.0 Å². The van der Waals surface area contributed by atoms with Crippen molar-refractivity contribution in [1.29, 1.82) is 0 Å². The largest absolute Gasteiger partial charge is 0.490 e. The fourth-order valence-electron chi connectivity index (χ4n) is 5.06. The number of benzene rings is 2. The van der Waals surface area contributed by atoms with Crippen LogP contribution in [0.25, 0.3) is 11.4 Å². The van der Waals surface area contributed by atoms with Crippen molar-refractivity contribution in [3.8, 4) is 17.1 Å². The van der Waals surface area contributed by atoms with Gasteiger partial charge in [-0.2, -0.15) is 5.21 Å². The Bertz CT molecular complexity index is 1060. The van der Waals surface area contributed by atoms with Crippen LogP contribution in [-0.4, -0.2) is 50.4 Å². The second kappa shape index (κ2) is 9.08. The topological polar surface area (TPSA) is 113 Å². The van der Waals surface area contributed by atoms with E-state index in [2.05, 4.69) is 50.2 Å². The lowest BCUT2D eigenvalue weighted by molar-refractivity contribution is -0.141. The summed E-state index contributed by atoms with van der Waals surface area (Å²) in [5, 5.41) is 27.1. The lowest BCUT2D eigenvalue weighted by atomic mass is 9.72. The van der Waals surface area contributed by atoms with Crippen molar-refractivity contribution in [2.45, 2.75) is 44.2 Å². The zero-order valence-electron chi connectivity index (χ0n) is 17.8. The Morgan fingerprint density at radius 3 is 2.72 bits per heavy atom. The monoisotopic (exact) mass is 433 g/mol. The molecular formula is C24H27N5O3. The summed E-state index contributed by atoms with van der Waals surface area (Å²) in [6, 6.07) is 16.0. The molecule has 0 radical (unpaired) electrons. The number of H-pyrrole nitrogens is 1. The molecule has 2 fully saturated rings. The number of rotatable bonds is 6. The molecule has 166 valence electrons. The highest BCUT2D eigenvalue weighted by Gasteiger charge is 2.38. The molecule has 8 heteroatoms. The molecule has 0 unspecified atom stereocenters. The Hall–Kier alpha value is -3.26. The second-order valence-electron chi connectivity index (χ2n) is 8.84. The second-order valence-corrected chi connectivity index (χ2v) is 8.84. The highest BCUT2D eigenvalue weighted by Crippen LogP contribution is 2.39. The summed E-state index contributed by atoms with van der Waals surface area (Å²) >= 11 is 0. The summed E-state index contributed by atoms with van der Waals surface area (Å²) in [5.74, 6) is 1.38. The van der Waals surface area contributed by atoms with Crippen LogP contribution in [-0.2, 0) is 11.2 Å². The molecule has 3 aromatic rings. The molecule has 1 aromatic heterocycles. The molecular weight excluding hydrogens is 406 g/mol. The van der Waals surface area contributed by atoms with Gasteiger partial charge in [-0.1, -0.05) is 36.4 Å². The third-order valence-electron chi connectivity index (χ3n) is 6.73. The van der Waals surface area contributed by atoms with Crippen molar-refractivity contribution >= 4 is 5.97 Å². The molecule has 1 aliphatic heterocycles. The molecule has 1 saturated carbocycles. The average Bonchev–Trinajstić information content (AvgIpc) is 3.34. The van der Waals surface area contributed by atoms with E-state index in [0.717, 1.165) is 49.1 Å². The molecule has 5 rings (SSSR count). The minimum absolute atomic E-state index is 0.0430. The first-order valence-corrected chi connectivity index (χ1v) is 11.2. The van der Waals surface area contributed by atoms with E-state index in [1.807, 2.05) is 24.3 Å². The first kappa shape index (κ1) is 20.6. The summed E-state index contributed by atoms with van der Waals surface area (Å²) in [7, 11) is 0. The van der Waals surface area contributed by atoms with Crippen molar-refractivity contribution in [3.05, 3.63) is 59.7 Å². The zero-order valence-corrected chi connectivity index (χ0v) is 17.8. The third-order valence-corrected chi connectivity index (χ3v) is 6.73. The van der Waals surface area contributed by atoms with Gasteiger partial charge in [0.25, 0.3) is 0 Å². The van der Waals surface area contributed by atoms with E-state index in [-0.39, 0.29) is 6.10 Å². The summed E-state index contributed by atoms with van der Waals surface area (Å²) in [6.07, 6.45) is 4.37. The summed E-state index contributed by atoms with van der Waals surface area (Å²) in [6.45, 7) is 0.773. The lowest BCUT2D eigenvalue weighted by Gasteiger charge is -2.41. The van der Waals surface area contributed by atoms with Crippen molar-refractivity contribution in [2.75, 3.05) is 6.54 Å². The molecule has 32 heavy (non-hydrogen) atoms. The van der Waals surface area contributed by atoms with Gasteiger partial charge in [-0.3, -0.25) is 4.79 Å². The van der Waals surface area contributed by atoms with Gasteiger partial charge in [-0.15, -0.1) is 10.2 Å². The standard InChI is InChI=1S/C24H27N5O3/c30-24(31)21-13-18-12-19(8-7-17(18)14-25-21)32-22-11-16(10-15-4-2-1-3-5-15)6-9-20(22)23-26-28-29-27-23/h1-6,9,11,17-19,21,25H,7-8,10,12-14H2,(H,30,31)(H,26,27,28,29)/t17-,18+,19-,21-/m0/s1. The highest BCUT2D eigenvalue weighted by molar-refractivity contribution is 5.73. The van der Waals surface area contributed by atoms with Crippen LogP contribution in [0.5, 0.6) is 5.75 Å². The van der Waals surface area contributed by atoms with Crippen molar-refractivity contribution in [3.63, 3.8) is 0 Å². The van der Waals surface area contributed by atoms with Crippen LogP contribution < -0.4 is 10.1 Å². The van der Waals surface area contributed by atoms with Crippen LogP contribution in [0.1, 0.15) is 36.8 Å². The number of tetrazole rings is 1. The maximum Gasteiger partial charge on any atom is 0.320 e. The normalized spacial score (nSPS) is 25.1. The van der Waals surface area contributed by atoms with E-state index >= 15 is 0 Å². The van der Waals surface area contributed by atoms with E-state index in [0.29, 0.717) is 24.1 Å². The highest BCUT2D eigenvalue weighted by atomic mass is 16.5. The number of hydrogen-bond donors (Lipinski definition) is 3. The Morgan fingerprint density at radius 2 is 1.94 bits per heavy atom. The SMILES string of the molecule is O=C(O)[C@@H]1C[C@H]2C[C@@H](Oc3cc(Cc4ccccc4)ccc3-c3nn[nH]n3)CC[C@H]2CN1. The number of piperidine rings is 1. The minimum atomic E-state index is -0.764. The molecule has 2 aliphatic rings. The number of aliphatic carboxylic acids is 1. The van der Waals surface area contributed by atoms with Gasteiger partial charge in [-0.25, -0.2) is 0 Å². The maximum absolute atomic E-state index is 11.4.